The molecule has 0 N–H and O–H groups in total. The molecule has 0 bridgehead atoms. The largest absolute Gasteiger partial charge is 0.323 e. The van der Waals surface area contributed by atoms with Crippen LogP contribution in [0.5, 0.6) is 0 Å². The summed E-state index contributed by atoms with van der Waals surface area (Å²) in [4.78, 5) is 25.3. The quantitative estimate of drug-likeness (QED) is 0.739. The van der Waals surface area contributed by atoms with Crippen LogP contribution in [0, 0.1) is 0 Å². The molecule has 2 aromatic carbocycles. The molecular formula is C20H20N4O. The second-order valence-corrected chi connectivity index (χ2v) is 6.51. The van der Waals surface area contributed by atoms with E-state index < -0.39 is 0 Å². The predicted octanol–water partition coefficient (Wildman–Crippen LogP) is 3.28. The van der Waals surface area contributed by atoms with Crippen LogP contribution in [-0.2, 0) is 6.54 Å². The zero-order valence-electron chi connectivity index (χ0n) is 14.2. The SMILES string of the molecule is CN(Cc1ccccc1)C(=O)N1CC(c2cnc3ccccc3n2)C1. The fourth-order valence-corrected chi connectivity index (χ4v) is 3.16. The van der Waals surface area contributed by atoms with Gasteiger partial charge >= 0.3 is 6.03 Å². The highest BCUT2D eigenvalue weighted by molar-refractivity contribution is 5.76. The van der Waals surface area contributed by atoms with Crippen LogP contribution in [0.15, 0.2) is 60.8 Å². The molecule has 5 heteroatoms. The van der Waals surface area contributed by atoms with E-state index in [2.05, 4.69) is 9.97 Å². The van der Waals surface area contributed by atoms with Gasteiger partial charge in [-0.2, -0.15) is 0 Å². The number of likely N-dealkylation sites (tertiary alicyclic amines) is 1. The van der Waals surface area contributed by atoms with E-state index in [0.29, 0.717) is 19.6 Å². The van der Waals surface area contributed by atoms with Gasteiger partial charge in [0.05, 0.1) is 16.7 Å². The number of hydrogen-bond acceptors (Lipinski definition) is 3. The van der Waals surface area contributed by atoms with E-state index in [1.165, 1.54) is 0 Å². The maximum Gasteiger partial charge on any atom is 0.320 e. The molecule has 2 heterocycles. The molecule has 0 aliphatic carbocycles. The molecule has 3 aromatic rings. The van der Waals surface area contributed by atoms with Gasteiger partial charge in [-0.3, -0.25) is 4.98 Å². The number of carbonyl (C=O) groups excluding carboxylic acids is 1. The third-order valence-electron chi connectivity index (χ3n) is 4.63. The van der Waals surface area contributed by atoms with E-state index in [-0.39, 0.29) is 11.9 Å². The van der Waals surface area contributed by atoms with Crippen LogP contribution in [0.1, 0.15) is 17.2 Å². The molecule has 0 unspecified atom stereocenters. The van der Waals surface area contributed by atoms with Gasteiger partial charge in [0, 0.05) is 38.8 Å². The smallest absolute Gasteiger partial charge is 0.320 e. The van der Waals surface area contributed by atoms with E-state index >= 15 is 0 Å². The Kier molecular flexibility index (Phi) is 4.06. The van der Waals surface area contributed by atoms with Crippen molar-refractivity contribution in [2.45, 2.75) is 12.5 Å². The second kappa shape index (κ2) is 6.51. The van der Waals surface area contributed by atoms with Crippen LogP contribution in [0.3, 0.4) is 0 Å². The zero-order chi connectivity index (χ0) is 17.2. The summed E-state index contributed by atoms with van der Waals surface area (Å²) in [6, 6.07) is 18.0. The van der Waals surface area contributed by atoms with E-state index in [0.717, 1.165) is 22.3 Å². The van der Waals surface area contributed by atoms with Gasteiger partial charge in [-0.15, -0.1) is 0 Å². The maximum absolute atomic E-state index is 12.5. The molecule has 25 heavy (non-hydrogen) atoms. The highest BCUT2D eigenvalue weighted by atomic mass is 16.2. The minimum Gasteiger partial charge on any atom is -0.323 e. The number of amides is 2. The fraction of sp³-hybridized carbons (Fsp3) is 0.250. The summed E-state index contributed by atoms with van der Waals surface area (Å²) in [5.74, 6) is 0.270. The first-order valence-corrected chi connectivity index (χ1v) is 8.46. The maximum atomic E-state index is 12.5. The molecule has 5 nitrogen and oxygen atoms in total. The first kappa shape index (κ1) is 15.6. The summed E-state index contributed by atoms with van der Waals surface area (Å²) < 4.78 is 0. The predicted molar refractivity (Wildman–Crippen MR) is 97.2 cm³/mol. The Hall–Kier alpha value is -2.95. The van der Waals surface area contributed by atoms with Crippen molar-refractivity contribution >= 4 is 17.1 Å². The lowest BCUT2D eigenvalue weighted by Crippen LogP contribution is -2.52. The monoisotopic (exact) mass is 332 g/mol. The van der Waals surface area contributed by atoms with Crippen molar-refractivity contribution in [3.05, 3.63) is 72.1 Å². The number of fused-ring (bicyclic) bond motifs is 1. The lowest BCUT2D eigenvalue weighted by molar-refractivity contribution is 0.119. The Bertz CT molecular complexity index is 890. The summed E-state index contributed by atoms with van der Waals surface area (Å²) in [5, 5.41) is 0. The standard InChI is InChI=1S/C20H20N4O/c1-23(12-15-7-3-2-4-8-15)20(25)24-13-16(14-24)19-11-21-17-9-5-6-10-18(17)22-19/h2-11,16H,12-14H2,1H3. The van der Waals surface area contributed by atoms with Gasteiger partial charge < -0.3 is 9.80 Å². The third kappa shape index (κ3) is 3.18. The van der Waals surface area contributed by atoms with Crippen LogP contribution >= 0.6 is 0 Å². The van der Waals surface area contributed by atoms with Crippen molar-refractivity contribution in [2.75, 3.05) is 20.1 Å². The average molecular weight is 332 g/mol. The number of rotatable bonds is 3. The van der Waals surface area contributed by atoms with Crippen molar-refractivity contribution in [2.24, 2.45) is 0 Å². The Morgan fingerprint density at radius 2 is 1.76 bits per heavy atom. The molecule has 0 radical (unpaired) electrons. The molecule has 1 saturated heterocycles. The Morgan fingerprint density at radius 3 is 2.52 bits per heavy atom. The molecule has 1 aliphatic heterocycles. The lowest BCUT2D eigenvalue weighted by atomic mass is 9.97. The fourth-order valence-electron chi connectivity index (χ4n) is 3.16. The Balaban J connectivity index is 1.38. The van der Waals surface area contributed by atoms with Gasteiger partial charge in [-0.05, 0) is 17.7 Å². The van der Waals surface area contributed by atoms with Crippen molar-refractivity contribution < 1.29 is 4.79 Å². The molecule has 1 fully saturated rings. The molecule has 1 aliphatic rings. The van der Waals surface area contributed by atoms with Crippen molar-refractivity contribution in [3.8, 4) is 0 Å². The number of carbonyl (C=O) groups is 1. The van der Waals surface area contributed by atoms with E-state index in [4.69, 9.17) is 0 Å². The first-order chi connectivity index (χ1) is 12.2. The summed E-state index contributed by atoms with van der Waals surface area (Å²) in [6.07, 6.45) is 1.84. The normalized spacial score (nSPS) is 14.4. The van der Waals surface area contributed by atoms with E-state index in [9.17, 15) is 4.79 Å². The van der Waals surface area contributed by atoms with Crippen LogP contribution in [-0.4, -0.2) is 45.9 Å². The van der Waals surface area contributed by atoms with E-state index in [1.54, 1.807) is 4.90 Å². The highest BCUT2D eigenvalue weighted by Crippen LogP contribution is 2.27. The zero-order valence-corrected chi connectivity index (χ0v) is 14.2. The minimum absolute atomic E-state index is 0.0638. The topological polar surface area (TPSA) is 49.3 Å². The molecule has 0 atom stereocenters. The lowest BCUT2D eigenvalue weighted by Gasteiger charge is -2.40. The van der Waals surface area contributed by atoms with Crippen molar-refractivity contribution in [1.82, 2.24) is 19.8 Å². The van der Waals surface area contributed by atoms with Crippen molar-refractivity contribution in [1.29, 1.82) is 0 Å². The molecule has 0 spiro atoms. The third-order valence-corrected chi connectivity index (χ3v) is 4.63. The van der Waals surface area contributed by atoms with Crippen molar-refractivity contribution in [3.63, 3.8) is 0 Å². The van der Waals surface area contributed by atoms with Crippen LogP contribution < -0.4 is 0 Å². The summed E-state index contributed by atoms with van der Waals surface area (Å²) in [5.41, 5.74) is 3.91. The van der Waals surface area contributed by atoms with Crippen LogP contribution in [0.2, 0.25) is 0 Å². The molecule has 2 amide bonds. The highest BCUT2D eigenvalue weighted by Gasteiger charge is 2.34. The van der Waals surface area contributed by atoms with E-state index in [1.807, 2.05) is 72.7 Å². The molecule has 0 saturated carbocycles. The number of urea groups is 1. The first-order valence-electron chi connectivity index (χ1n) is 8.46. The van der Waals surface area contributed by atoms with Gasteiger partial charge in [0.1, 0.15) is 0 Å². The summed E-state index contributed by atoms with van der Waals surface area (Å²) in [6.45, 7) is 2.02. The Morgan fingerprint density at radius 1 is 1.08 bits per heavy atom. The van der Waals surface area contributed by atoms with Crippen LogP contribution in [0.4, 0.5) is 4.79 Å². The number of hydrogen-bond donors (Lipinski definition) is 0. The summed E-state index contributed by atoms with van der Waals surface area (Å²) >= 11 is 0. The minimum atomic E-state index is 0.0638. The average Bonchev–Trinajstić information content (AvgIpc) is 2.61. The number of benzene rings is 2. The molecular weight excluding hydrogens is 312 g/mol. The molecule has 4 rings (SSSR count). The van der Waals surface area contributed by atoms with Gasteiger partial charge in [0.15, 0.2) is 0 Å². The molecule has 126 valence electrons. The Labute approximate surface area is 146 Å². The number of nitrogens with zero attached hydrogens (tertiary/aromatic N) is 4. The summed E-state index contributed by atoms with van der Waals surface area (Å²) in [7, 11) is 1.85. The van der Waals surface area contributed by atoms with Gasteiger partial charge in [0.25, 0.3) is 0 Å². The van der Waals surface area contributed by atoms with Gasteiger partial charge in [-0.1, -0.05) is 42.5 Å². The van der Waals surface area contributed by atoms with Gasteiger partial charge in [0.2, 0.25) is 0 Å². The van der Waals surface area contributed by atoms with Gasteiger partial charge in [-0.25, -0.2) is 9.78 Å². The molecule has 1 aromatic heterocycles. The number of aromatic nitrogens is 2. The van der Waals surface area contributed by atoms with Crippen LogP contribution in [0.25, 0.3) is 11.0 Å². The second-order valence-electron chi connectivity index (χ2n) is 6.51. The number of para-hydroxylation sites is 2.